The van der Waals surface area contributed by atoms with Crippen LogP contribution in [-0.2, 0) is 13.5 Å². The van der Waals surface area contributed by atoms with E-state index in [0.29, 0.717) is 11.3 Å². The van der Waals surface area contributed by atoms with E-state index in [-0.39, 0.29) is 5.56 Å². The van der Waals surface area contributed by atoms with Gasteiger partial charge in [-0.3, -0.25) is 4.79 Å². The molecule has 0 radical (unpaired) electrons. The highest BCUT2D eigenvalue weighted by molar-refractivity contribution is 14.1. The molecular formula is C11H16INO2. The number of methoxy groups -OCH3 is 1. The summed E-state index contributed by atoms with van der Waals surface area (Å²) < 4.78 is 8.00. The molecule has 15 heavy (non-hydrogen) atoms. The zero-order chi connectivity index (χ0) is 11.4. The Hall–Kier alpha value is -0.520. The van der Waals surface area contributed by atoms with Crippen LogP contribution in [0, 0.1) is 6.92 Å². The predicted octanol–water partition coefficient (Wildman–Crippen LogP) is 2.07. The first-order valence-corrected chi connectivity index (χ1v) is 6.43. The van der Waals surface area contributed by atoms with Crippen molar-refractivity contribution in [3.63, 3.8) is 0 Å². The number of alkyl halides is 1. The summed E-state index contributed by atoms with van der Waals surface area (Å²) in [4.78, 5) is 11.8. The van der Waals surface area contributed by atoms with Crippen LogP contribution in [0.25, 0.3) is 0 Å². The summed E-state index contributed by atoms with van der Waals surface area (Å²) in [6, 6.07) is 1.96. The molecule has 1 aromatic rings. The molecule has 84 valence electrons. The second-order valence-corrected chi connectivity index (χ2v) is 4.56. The number of nitrogens with zero attached hydrogens (tertiary/aromatic N) is 1. The van der Waals surface area contributed by atoms with Crippen LogP contribution in [0.3, 0.4) is 0 Å². The molecule has 0 aromatic carbocycles. The zero-order valence-corrected chi connectivity index (χ0v) is 11.5. The maximum atomic E-state index is 11.8. The first-order chi connectivity index (χ1) is 7.11. The van der Waals surface area contributed by atoms with Crippen LogP contribution in [0.15, 0.2) is 10.9 Å². The van der Waals surface area contributed by atoms with Crippen molar-refractivity contribution < 1.29 is 4.74 Å². The van der Waals surface area contributed by atoms with Gasteiger partial charge in [-0.15, -0.1) is 0 Å². The van der Waals surface area contributed by atoms with Crippen molar-refractivity contribution in [2.24, 2.45) is 7.05 Å². The molecule has 0 unspecified atom stereocenters. The third kappa shape index (κ3) is 2.74. The summed E-state index contributed by atoms with van der Waals surface area (Å²) in [5, 5.41) is 0. The summed E-state index contributed by atoms with van der Waals surface area (Å²) in [7, 11) is 3.42. The van der Waals surface area contributed by atoms with E-state index in [2.05, 4.69) is 22.6 Å². The summed E-state index contributed by atoms with van der Waals surface area (Å²) in [5.74, 6) is 0.696. The molecule has 0 aliphatic rings. The number of aromatic nitrogens is 1. The Labute approximate surface area is 104 Å². The van der Waals surface area contributed by atoms with E-state index in [9.17, 15) is 4.79 Å². The Balaban J connectivity index is 3.17. The molecule has 3 nitrogen and oxygen atoms in total. The summed E-state index contributed by atoms with van der Waals surface area (Å²) >= 11 is 2.34. The lowest BCUT2D eigenvalue weighted by molar-refractivity contribution is 0.408. The molecule has 0 fully saturated rings. The van der Waals surface area contributed by atoms with Gasteiger partial charge in [0.25, 0.3) is 5.56 Å². The van der Waals surface area contributed by atoms with Crippen LogP contribution in [-0.4, -0.2) is 16.1 Å². The Morgan fingerprint density at radius 1 is 1.53 bits per heavy atom. The SMILES string of the molecule is COc1cc(CCCI)n(C)c(=O)c1C. The third-order valence-electron chi connectivity index (χ3n) is 2.51. The van der Waals surface area contributed by atoms with Crippen LogP contribution in [0.4, 0.5) is 0 Å². The number of halogens is 1. The van der Waals surface area contributed by atoms with Crippen LogP contribution in [0.5, 0.6) is 5.75 Å². The maximum Gasteiger partial charge on any atom is 0.257 e. The Bertz CT molecular complexity index is 398. The molecule has 0 amide bonds. The second kappa shape index (κ2) is 5.53. The van der Waals surface area contributed by atoms with Gasteiger partial charge in [-0.1, -0.05) is 22.6 Å². The van der Waals surface area contributed by atoms with E-state index in [0.717, 1.165) is 23.0 Å². The molecule has 1 heterocycles. The molecular weight excluding hydrogens is 305 g/mol. The van der Waals surface area contributed by atoms with Crippen molar-refractivity contribution in [1.29, 1.82) is 0 Å². The van der Waals surface area contributed by atoms with E-state index >= 15 is 0 Å². The van der Waals surface area contributed by atoms with Crippen molar-refractivity contribution in [2.75, 3.05) is 11.5 Å². The zero-order valence-electron chi connectivity index (χ0n) is 9.34. The molecule has 0 atom stereocenters. The van der Waals surface area contributed by atoms with E-state index in [1.807, 2.05) is 13.1 Å². The van der Waals surface area contributed by atoms with Gasteiger partial charge in [-0.2, -0.15) is 0 Å². The number of pyridine rings is 1. The molecule has 0 aliphatic carbocycles. The fourth-order valence-electron chi connectivity index (χ4n) is 1.54. The molecule has 0 saturated carbocycles. The lowest BCUT2D eigenvalue weighted by Crippen LogP contribution is -2.23. The van der Waals surface area contributed by atoms with E-state index in [4.69, 9.17) is 4.74 Å². The average Bonchev–Trinajstić information content (AvgIpc) is 2.25. The van der Waals surface area contributed by atoms with Crippen LogP contribution < -0.4 is 10.3 Å². The number of hydrogen-bond acceptors (Lipinski definition) is 2. The number of rotatable bonds is 4. The first-order valence-electron chi connectivity index (χ1n) is 4.91. The van der Waals surface area contributed by atoms with Gasteiger partial charge in [-0.25, -0.2) is 0 Å². The number of ether oxygens (including phenoxy) is 1. The maximum absolute atomic E-state index is 11.8. The lowest BCUT2D eigenvalue weighted by Gasteiger charge is -2.12. The lowest BCUT2D eigenvalue weighted by atomic mass is 10.2. The monoisotopic (exact) mass is 321 g/mol. The van der Waals surface area contributed by atoms with Gasteiger partial charge in [0.2, 0.25) is 0 Å². The minimum absolute atomic E-state index is 0.0396. The Morgan fingerprint density at radius 3 is 2.73 bits per heavy atom. The first kappa shape index (κ1) is 12.5. The van der Waals surface area contributed by atoms with Gasteiger partial charge in [0, 0.05) is 18.8 Å². The summed E-state index contributed by atoms with van der Waals surface area (Å²) in [6.45, 7) is 1.79. The standard InChI is InChI=1S/C11H16INO2/c1-8-10(15-3)7-9(5-4-6-12)13(2)11(8)14/h7H,4-6H2,1-3H3. The average molecular weight is 321 g/mol. The van der Waals surface area contributed by atoms with Crippen molar-refractivity contribution >= 4 is 22.6 Å². The predicted molar refractivity (Wildman–Crippen MR) is 70.2 cm³/mol. The quantitative estimate of drug-likeness (QED) is 0.628. The number of aryl methyl sites for hydroxylation is 1. The number of hydrogen-bond donors (Lipinski definition) is 0. The van der Waals surface area contributed by atoms with Gasteiger partial charge in [0.05, 0.1) is 12.7 Å². The van der Waals surface area contributed by atoms with Crippen molar-refractivity contribution in [3.8, 4) is 5.75 Å². The van der Waals surface area contributed by atoms with Crippen LogP contribution >= 0.6 is 22.6 Å². The molecule has 1 rings (SSSR count). The van der Waals surface area contributed by atoms with Crippen LogP contribution in [0.2, 0.25) is 0 Å². The highest BCUT2D eigenvalue weighted by Gasteiger charge is 2.08. The smallest absolute Gasteiger partial charge is 0.257 e. The molecule has 0 N–H and O–H groups in total. The minimum atomic E-state index is 0.0396. The molecule has 0 saturated heterocycles. The van der Waals surface area contributed by atoms with Gasteiger partial charge in [0.1, 0.15) is 5.75 Å². The van der Waals surface area contributed by atoms with E-state index < -0.39 is 0 Å². The van der Waals surface area contributed by atoms with Crippen LogP contribution in [0.1, 0.15) is 17.7 Å². The minimum Gasteiger partial charge on any atom is -0.496 e. The molecule has 1 aromatic heterocycles. The highest BCUT2D eigenvalue weighted by Crippen LogP contribution is 2.16. The highest BCUT2D eigenvalue weighted by atomic mass is 127. The van der Waals surface area contributed by atoms with Crippen molar-refractivity contribution in [1.82, 2.24) is 4.57 Å². The van der Waals surface area contributed by atoms with Gasteiger partial charge >= 0.3 is 0 Å². The molecule has 0 bridgehead atoms. The summed E-state index contributed by atoms with van der Waals surface area (Å²) in [5.41, 5.74) is 1.76. The Morgan fingerprint density at radius 2 is 2.20 bits per heavy atom. The molecule has 4 heteroatoms. The third-order valence-corrected chi connectivity index (χ3v) is 3.27. The largest absolute Gasteiger partial charge is 0.496 e. The van der Waals surface area contributed by atoms with Gasteiger partial charge < -0.3 is 9.30 Å². The van der Waals surface area contributed by atoms with Gasteiger partial charge in [-0.05, 0) is 24.2 Å². The Kier molecular flexibility index (Phi) is 4.63. The normalized spacial score (nSPS) is 10.4. The fourth-order valence-corrected chi connectivity index (χ4v) is 1.93. The molecule has 0 aliphatic heterocycles. The van der Waals surface area contributed by atoms with Crippen molar-refractivity contribution in [2.45, 2.75) is 19.8 Å². The molecule has 0 spiro atoms. The van der Waals surface area contributed by atoms with Gasteiger partial charge in [0.15, 0.2) is 0 Å². The summed E-state index contributed by atoms with van der Waals surface area (Å²) in [6.07, 6.45) is 2.01. The topological polar surface area (TPSA) is 31.2 Å². The van der Waals surface area contributed by atoms with E-state index in [1.165, 1.54) is 0 Å². The van der Waals surface area contributed by atoms with E-state index in [1.54, 1.807) is 18.6 Å². The second-order valence-electron chi connectivity index (χ2n) is 3.49. The fraction of sp³-hybridized carbons (Fsp3) is 0.545. The van der Waals surface area contributed by atoms with Crippen molar-refractivity contribution in [3.05, 3.63) is 27.7 Å².